The number of primary sulfonamides is 1. The Balaban J connectivity index is 1.87. The van der Waals surface area contributed by atoms with Gasteiger partial charge in [-0.3, -0.25) is 0 Å². The number of para-hydroxylation sites is 1. The normalized spacial score (nSPS) is 15.7. The number of H-pyrrole nitrogens is 1. The molecule has 2 aromatic carbocycles. The molecule has 0 amide bonds. The number of nitrogen functional groups attached to an aromatic ring is 1. The molecule has 1 aliphatic rings. The van der Waals surface area contributed by atoms with Crippen LogP contribution < -0.4 is 10.9 Å². The number of benzene rings is 2. The first kappa shape index (κ1) is 22.8. The van der Waals surface area contributed by atoms with Crippen LogP contribution in [-0.2, 0) is 20.0 Å². The monoisotopic (exact) mass is 520 g/mol. The van der Waals surface area contributed by atoms with Crippen molar-refractivity contribution in [3.8, 4) is 22.5 Å². The van der Waals surface area contributed by atoms with E-state index in [1.807, 2.05) is 6.07 Å². The SMILES string of the molecule is Nc1nc2c(-c3ccc(S(=O)(=O)N4CCCCC4)c(S(N)(=O)=O)c3-c3nn[nH]n3)cccc2s1. The molecule has 1 fully saturated rings. The van der Waals surface area contributed by atoms with Gasteiger partial charge in [0.2, 0.25) is 25.9 Å². The minimum absolute atomic E-state index is 0.0756. The Morgan fingerprint density at radius 3 is 2.44 bits per heavy atom. The molecule has 0 aliphatic carbocycles. The van der Waals surface area contributed by atoms with Gasteiger partial charge in [-0.15, -0.1) is 10.2 Å². The number of anilines is 1. The Hall–Kier alpha value is -2.98. The van der Waals surface area contributed by atoms with Crippen LogP contribution >= 0.6 is 11.3 Å². The van der Waals surface area contributed by atoms with Crippen LogP contribution in [0, 0.1) is 0 Å². The Bertz CT molecular complexity index is 1590. The Morgan fingerprint density at radius 1 is 1.00 bits per heavy atom. The fourth-order valence-corrected chi connectivity index (χ4v) is 8.04. The number of aromatic nitrogens is 5. The first-order valence-corrected chi connectivity index (χ1v) is 14.1. The second-order valence-electron chi connectivity index (χ2n) is 7.76. The fraction of sp³-hybridized carbons (Fsp3) is 0.263. The molecule has 34 heavy (non-hydrogen) atoms. The number of sulfonamides is 2. The standard InChI is InChI=1S/C19H20N8O4S3/c20-19-22-16-12(5-4-6-13(16)32-19)11-7-8-14(34(30,31)27-9-2-1-3-10-27)17(33(21,28)29)15(11)18-23-25-26-24-18/h4-8H,1-3,9-10H2,(H2,20,22)(H2,21,28,29)(H,23,24,25,26). The van der Waals surface area contributed by atoms with E-state index in [1.165, 1.54) is 27.8 Å². The van der Waals surface area contributed by atoms with Gasteiger partial charge in [-0.05, 0) is 35.8 Å². The fourth-order valence-electron chi connectivity index (χ4n) is 4.19. The minimum atomic E-state index is -4.56. The number of hydrogen-bond donors (Lipinski definition) is 3. The van der Waals surface area contributed by atoms with E-state index in [-0.39, 0.29) is 11.4 Å². The lowest BCUT2D eigenvalue weighted by atomic mass is 9.98. The quantitative estimate of drug-likeness (QED) is 0.350. The molecule has 0 saturated carbocycles. The van der Waals surface area contributed by atoms with Gasteiger partial charge in [0.05, 0.1) is 15.8 Å². The van der Waals surface area contributed by atoms with Gasteiger partial charge in [0.15, 0.2) is 5.13 Å². The molecule has 2 aromatic heterocycles. The maximum atomic E-state index is 13.6. The summed E-state index contributed by atoms with van der Waals surface area (Å²) in [5, 5.41) is 19.7. The van der Waals surface area contributed by atoms with E-state index in [0.29, 0.717) is 47.7 Å². The van der Waals surface area contributed by atoms with Crippen molar-refractivity contribution in [3.63, 3.8) is 0 Å². The van der Waals surface area contributed by atoms with E-state index in [2.05, 4.69) is 25.6 Å². The van der Waals surface area contributed by atoms with Crippen LogP contribution in [0.4, 0.5) is 5.13 Å². The molecular weight excluding hydrogens is 500 g/mol. The van der Waals surface area contributed by atoms with Crippen molar-refractivity contribution in [1.29, 1.82) is 0 Å². The number of aromatic amines is 1. The summed E-state index contributed by atoms with van der Waals surface area (Å²) in [5.41, 5.74) is 7.21. The first-order valence-electron chi connectivity index (χ1n) is 10.3. The van der Waals surface area contributed by atoms with E-state index < -0.39 is 29.8 Å². The third kappa shape index (κ3) is 3.84. The second-order valence-corrected chi connectivity index (χ2v) is 12.2. The summed E-state index contributed by atoms with van der Waals surface area (Å²) in [4.78, 5) is 3.36. The van der Waals surface area contributed by atoms with Crippen molar-refractivity contribution in [3.05, 3.63) is 30.3 Å². The summed E-state index contributed by atoms with van der Waals surface area (Å²) in [6, 6.07) is 8.10. The number of thiazole rings is 1. The highest BCUT2D eigenvalue weighted by atomic mass is 32.2. The first-order chi connectivity index (χ1) is 16.2. The highest BCUT2D eigenvalue weighted by Crippen LogP contribution is 2.42. The number of piperidine rings is 1. The maximum Gasteiger partial charge on any atom is 0.244 e. The topological polar surface area (TPSA) is 191 Å². The predicted molar refractivity (Wildman–Crippen MR) is 127 cm³/mol. The van der Waals surface area contributed by atoms with Crippen LogP contribution in [0.2, 0.25) is 0 Å². The summed E-state index contributed by atoms with van der Waals surface area (Å²) >= 11 is 1.27. The molecule has 3 heterocycles. The minimum Gasteiger partial charge on any atom is -0.375 e. The van der Waals surface area contributed by atoms with Gasteiger partial charge in [-0.1, -0.05) is 36.0 Å². The van der Waals surface area contributed by atoms with Crippen LogP contribution in [0.5, 0.6) is 0 Å². The number of hydrogen-bond acceptors (Lipinski definition) is 10. The number of nitrogens with one attached hydrogen (secondary N) is 1. The van der Waals surface area contributed by atoms with Crippen LogP contribution in [0.3, 0.4) is 0 Å². The van der Waals surface area contributed by atoms with E-state index in [0.717, 1.165) is 11.1 Å². The van der Waals surface area contributed by atoms with Crippen molar-refractivity contribution in [1.82, 2.24) is 29.9 Å². The van der Waals surface area contributed by atoms with Crippen molar-refractivity contribution in [2.45, 2.75) is 29.1 Å². The van der Waals surface area contributed by atoms with Crippen LogP contribution in [-0.4, -0.2) is 59.8 Å². The van der Waals surface area contributed by atoms with Crippen molar-refractivity contribution in [2.24, 2.45) is 5.14 Å². The van der Waals surface area contributed by atoms with Gasteiger partial charge in [0.25, 0.3) is 0 Å². The maximum absolute atomic E-state index is 13.6. The zero-order valence-electron chi connectivity index (χ0n) is 17.7. The number of fused-ring (bicyclic) bond motifs is 1. The summed E-state index contributed by atoms with van der Waals surface area (Å²) in [7, 11) is -8.73. The van der Waals surface area contributed by atoms with Gasteiger partial charge < -0.3 is 5.73 Å². The number of nitrogens with two attached hydrogens (primary N) is 2. The molecule has 0 atom stereocenters. The van der Waals surface area contributed by atoms with Crippen molar-refractivity contribution >= 4 is 46.7 Å². The molecule has 1 saturated heterocycles. The average Bonchev–Trinajstić information content (AvgIpc) is 3.47. The van der Waals surface area contributed by atoms with Crippen LogP contribution in [0.1, 0.15) is 19.3 Å². The summed E-state index contributed by atoms with van der Waals surface area (Å²) in [5.74, 6) is -0.116. The molecule has 0 unspecified atom stereocenters. The van der Waals surface area contributed by atoms with Gasteiger partial charge in [-0.25, -0.2) is 27.0 Å². The van der Waals surface area contributed by atoms with Crippen LogP contribution in [0.15, 0.2) is 40.1 Å². The van der Waals surface area contributed by atoms with E-state index in [1.54, 1.807) is 12.1 Å². The molecule has 0 spiro atoms. The van der Waals surface area contributed by atoms with Crippen molar-refractivity contribution in [2.75, 3.05) is 18.8 Å². The van der Waals surface area contributed by atoms with Crippen molar-refractivity contribution < 1.29 is 16.8 Å². The molecule has 4 aromatic rings. The molecule has 178 valence electrons. The molecule has 5 rings (SSSR count). The highest BCUT2D eigenvalue weighted by molar-refractivity contribution is 7.92. The highest BCUT2D eigenvalue weighted by Gasteiger charge is 2.36. The number of tetrazole rings is 1. The van der Waals surface area contributed by atoms with Gasteiger partial charge in [0, 0.05) is 18.7 Å². The largest absolute Gasteiger partial charge is 0.375 e. The third-order valence-electron chi connectivity index (χ3n) is 5.63. The Kier molecular flexibility index (Phi) is 5.60. The third-order valence-corrected chi connectivity index (χ3v) is 9.55. The van der Waals surface area contributed by atoms with Gasteiger partial charge >= 0.3 is 0 Å². The van der Waals surface area contributed by atoms with E-state index >= 15 is 0 Å². The molecule has 0 bridgehead atoms. The lowest BCUT2D eigenvalue weighted by molar-refractivity contribution is 0.346. The smallest absolute Gasteiger partial charge is 0.244 e. The van der Waals surface area contributed by atoms with E-state index in [4.69, 9.17) is 10.9 Å². The molecular formula is C19H20N8O4S3. The summed E-state index contributed by atoms with van der Waals surface area (Å²) < 4.78 is 55.0. The van der Waals surface area contributed by atoms with Gasteiger partial charge in [0.1, 0.15) is 9.79 Å². The molecule has 15 heteroatoms. The summed E-state index contributed by atoms with van der Waals surface area (Å²) in [6.45, 7) is 0.589. The average molecular weight is 521 g/mol. The molecule has 1 aliphatic heterocycles. The lowest BCUT2D eigenvalue weighted by Crippen LogP contribution is -2.36. The second kappa shape index (κ2) is 8.35. The summed E-state index contributed by atoms with van der Waals surface area (Å²) in [6.07, 6.45) is 2.28. The predicted octanol–water partition coefficient (Wildman–Crippen LogP) is 1.55. The molecule has 0 radical (unpaired) electrons. The van der Waals surface area contributed by atoms with Crippen LogP contribution in [0.25, 0.3) is 32.7 Å². The Morgan fingerprint density at radius 2 is 1.76 bits per heavy atom. The van der Waals surface area contributed by atoms with Gasteiger partial charge in [-0.2, -0.15) is 9.52 Å². The zero-order chi connectivity index (χ0) is 24.1. The lowest BCUT2D eigenvalue weighted by Gasteiger charge is -2.27. The van der Waals surface area contributed by atoms with E-state index in [9.17, 15) is 16.8 Å². The number of nitrogens with zero attached hydrogens (tertiary/aromatic N) is 5. The molecule has 5 N–H and O–H groups in total. The Labute approximate surface area is 199 Å². The number of rotatable bonds is 5. The molecule has 12 nitrogen and oxygen atoms in total. The zero-order valence-corrected chi connectivity index (χ0v) is 20.1.